The predicted molar refractivity (Wildman–Crippen MR) is 88.3 cm³/mol. The van der Waals surface area contributed by atoms with E-state index in [0.29, 0.717) is 12.5 Å². The normalized spacial score (nSPS) is 31.4. The van der Waals surface area contributed by atoms with Crippen LogP contribution in [0.25, 0.3) is 0 Å². The number of hydrogen-bond donors (Lipinski definition) is 1. The third kappa shape index (κ3) is 3.59. The van der Waals surface area contributed by atoms with Crippen LogP contribution in [-0.4, -0.2) is 38.4 Å². The molecule has 1 unspecified atom stereocenters. The molecule has 1 fully saturated rings. The van der Waals surface area contributed by atoms with E-state index in [-0.39, 0.29) is 24.6 Å². The fourth-order valence-electron chi connectivity index (χ4n) is 3.45. The molecule has 24 heavy (non-hydrogen) atoms. The molecule has 2 heterocycles. The maximum atomic E-state index is 14.6. The van der Waals surface area contributed by atoms with Crippen LogP contribution in [0, 0.1) is 11.7 Å². The zero-order valence-electron chi connectivity index (χ0n) is 13.9. The van der Waals surface area contributed by atoms with Crippen LogP contribution >= 0.6 is 0 Å². The highest BCUT2D eigenvalue weighted by molar-refractivity contribution is 5.82. The number of halogens is 2. The molecule has 0 bridgehead atoms. The molecule has 1 aromatic carbocycles. The van der Waals surface area contributed by atoms with Crippen molar-refractivity contribution < 1.29 is 18.3 Å². The first-order valence-electron chi connectivity index (χ1n) is 8.41. The molecule has 0 saturated carbocycles. The van der Waals surface area contributed by atoms with Gasteiger partial charge in [0, 0.05) is 18.8 Å². The van der Waals surface area contributed by atoms with E-state index in [4.69, 9.17) is 15.2 Å². The van der Waals surface area contributed by atoms with E-state index in [2.05, 4.69) is 4.99 Å². The number of alkyl halides is 1. The maximum Gasteiger partial charge on any atom is 0.152 e. The summed E-state index contributed by atoms with van der Waals surface area (Å²) in [6.07, 6.45) is 1.47. The van der Waals surface area contributed by atoms with Crippen LogP contribution in [0.5, 0.6) is 0 Å². The van der Waals surface area contributed by atoms with Crippen LogP contribution in [0.2, 0.25) is 0 Å². The van der Waals surface area contributed by atoms with Crippen molar-refractivity contribution in [2.75, 3.05) is 26.4 Å². The van der Waals surface area contributed by atoms with E-state index in [1.807, 2.05) is 0 Å². The average molecular weight is 338 g/mol. The van der Waals surface area contributed by atoms with Gasteiger partial charge in [-0.3, -0.25) is 4.99 Å². The molecular weight excluding hydrogens is 314 g/mol. The number of benzene rings is 1. The summed E-state index contributed by atoms with van der Waals surface area (Å²) in [7, 11) is 0. The lowest BCUT2D eigenvalue weighted by atomic mass is 9.85. The molecule has 2 N–H and O–H groups in total. The number of ether oxygens (including phenoxy) is 2. The zero-order valence-corrected chi connectivity index (χ0v) is 13.9. The van der Waals surface area contributed by atoms with Crippen molar-refractivity contribution in [3.8, 4) is 0 Å². The van der Waals surface area contributed by atoms with Crippen LogP contribution in [0.15, 0.2) is 23.2 Å². The van der Waals surface area contributed by atoms with Crippen LogP contribution in [0.4, 0.5) is 8.78 Å². The number of rotatable bonds is 3. The van der Waals surface area contributed by atoms with Gasteiger partial charge in [0.15, 0.2) is 6.17 Å². The van der Waals surface area contributed by atoms with Gasteiger partial charge in [-0.2, -0.15) is 0 Å². The highest BCUT2D eigenvalue weighted by Crippen LogP contribution is 2.36. The van der Waals surface area contributed by atoms with Crippen molar-refractivity contribution in [2.24, 2.45) is 16.6 Å². The maximum absolute atomic E-state index is 14.6. The van der Waals surface area contributed by atoms with Crippen molar-refractivity contribution in [1.82, 2.24) is 0 Å². The minimum atomic E-state index is -1.46. The summed E-state index contributed by atoms with van der Waals surface area (Å²) < 4.78 is 39.8. The monoisotopic (exact) mass is 338 g/mol. The van der Waals surface area contributed by atoms with Crippen LogP contribution < -0.4 is 5.73 Å². The Morgan fingerprint density at radius 1 is 1.33 bits per heavy atom. The van der Waals surface area contributed by atoms with E-state index in [0.717, 1.165) is 31.4 Å². The molecule has 0 spiro atoms. The molecule has 2 aliphatic rings. The van der Waals surface area contributed by atoms with E-state index in [9.17, 15) is 8.78 Å². The van der Waals surface area contributed by atoms with Gasteiger partial charge >= 0.3 is 0 Å². The van der Waals surface area contributed by atoms with Gasteiger partial charge in [-0.1, -0.05) is 12.1 Å². The van der Waals surface area contributed by atoms with E-state index in [1.54, 1.807) is 19.1 Å². The molecule has 0 radical (unpaired) electrons. The molecule has 1 aromatic rings. The van der Waals surface area contributed by atoms with Gasteiger partial charge in [0.05, 0.1) is 6.61 Å². The number of hydrogen-bond acceptors (Lipinski definition) is 4. The van der Waals surface area contributed by atoms with Gasteiger partial charge in [0.25, 0.3) is 0 Å². The summed E-state index contributed by atoms with van der Waals surface area (Å²) in [4.78, 5) is 4.24. The van der Waals surface area contributed by atoms with Gasteiger partial charge in [-0.05, 0) is 43.7 Å². The minimum Gasteiger partial charge on any atom is -0.386 e. The molecule has 3 atom stereocenters. The minimum absolute atomic E-state index is 0.0662. The number of amidine groups is 1. The fourth-order valence-corrected chi connectivity index (χ4v) is 3.45. The number of nitrogens with zero attached hydrogens (tertiary/aromatic N) is 1. The third-order valence-corrected chi connectivity index (χ3v) is 4.85. The van der Waals surface area contributed by atoms with Gasteiger partial charge in [0.2, 0.25) is 0 Å². The number of aliphatic imine (C=N–C) groups is 1. The molecule has 0 amide bonds. The van der Waals surface area contributed by atoms with Crippen molar-refractivity contribution in [3.63, 3.8) is 0 Å². The Balaban J connectivity index is 1.91. The predicted octanol–water partition coefficient (Wildman–Crippen LogP) is 2.74. The highest BCUT2D eigenvalue weighted by Gasteiger charge is 2.40. The van der Waals surface area contributed by atoms with Crippen LogP contribution in [0.1, 0.15) is 30.9 Å². The molecule has 3 rings (SSSR count). The lowest BCUT2D eigenvalue weighted by Crippen LogP contribution is -2.36. The molecule has 2 aliphatic heterocycles. The lowest BCUT2D eigenvalue weighted by Gasteiger charge is -2.29. The SMILES string of the molecule is C[C@]1(c2cc(CC3CCCOC3)ccc2F)N=C(N)COC[C@@H]1F. The summed E-state index contributed by atoms with van der Waals surface area (Å²) in [5.41, 5.74) is 5.60. The Labute approximate surface area is 141 Å². The van der Waals surface area contributed by atoms with Gasteiger partial charge < -0.3 is 15.2 Å². The van der Waals surface area contributed by atoms with E-state index >= 15 is 0 Å². The highest BCUT2D eigenvalue weighted by atomic mass is 19.1. The Hall–Kier alpha value is -1.53. The average Bonchev–Trinajstić information content (AvgIpc) is 2.69. The summed E-state index contributed by atoms with van der Waals surface area (Å²) in [6, 6.07) is 4.87. The first kappa shape index (κ1) is 17.3. The zero-order chi connectivity index (χ0) is 17.2. The number of nitrogens with two attached hydrogens (primary N) is 1. The summed E-state index contributed by atoms with van der Waals surface area (Å²) >= 11 is 0. The van der Waals surface area contributed by atoms with Crippen molar-refractivity contribution in [2.45, 2.75) is 37.9 Å². The fraction of sp³-hybridized carbons (Fsp3) is 0.611. The topological polar surface area (TPSA) is 56.8 Å². The second kappa shape index (κ2) is 7.15. The van der Waals surface area contributed by atoms with Crippen molar-refractivity contribution in [1.29, 1.82) is 0 Å². The molecule has 132 valence electrons. The largest absolute Gasteiger partial charge is 0.386 e. The van der Waals surface area contributed by atoms with Gasteiger partial charge in [-0.25, -0.2) is 8.78 Å². The smallest absolute Gasteiger partial charge is 0.152 e. The molecule has 6 heteroatoms. The van der Waals surface area contributed by atoms with Crippen molar-refractivity contribution >= 4 is 5.84 Å². The van der Waals surface area contributed by atoms with E-state index in [1.165, 1.54) is 6.07 Å². The Kier molecular flexibility index (Phi) is 5.15. The molecule has 4 nitrogen and oxygen atoms in total. The third-order valence-electron chi connectivity index (χ3n) is 4.85. The first-order valence-corrected chi connectivity index (χ1v) is 8.41. The Bertz CT molecular complexity index is 617. The van der Waals surface area contributed by atoms with Crippen LogP contribution in [-0.2, 0) is 21.4 Å². The van der Waals surface area contributed by atoms with Gasteiger partial charge in [0.1, 0.15) is 23.8 Å². The Morgan fingerprint density at radius 2 is 2.17 bits per heavy atom. The molecular formula is C18H24F2N2O2. The van der Waals surface area contributed by atoms with E-state index < -0.39 is 17.5 Å². The second-order valence-corrected chi connectivity index (χ2v) is 6.83. The lowest BCUT2D eigenvalue weighted by molar-refractivity contribution is 0.0549. The van der Waals surface area contributed by atoms with Crippen molar-refractivity contribution in [3.05, 3.63) is 35.1 Å². The van der Waals surface area contributed by atoms with Gasteiger partial charge in [-0.15, -0.1) is 0 Å². The molecule has 0 aromatic heterocycles. The Morgan fingerprint density at radius 3 is 2.92 bits per heavy atom. The standard InChI is InChI=1S/C18H24F2N2O2/c1-18(16(20)10-24-11-17(21)22-18)14-8-12(4-5-15(14)19)7-13-3-2-6-23-9-13/h4-5,8,13,16H,2-3,6-7,9-11H2,1H3,(H2,21,22)/t13?,16-,18+/m0/s1. The summed E-state index contributed by atoms with van der Waals surface area (Å²) in [5, 5.41) is 0. The summed E-state index contributed by atoms with van der Waals surface area (Å²) in [6.45, 7) is 3.01. The first-order chi connectivity index (χ1) is 11.5. The van der Waals surface area contributed by atoms with Crippen LogP contribution in [0.3, 0.4) is 0 Å². The second-order valence-electron chi connectivity index (χ2n) is 6.83. The molecule has 0 aliphatic carbocycles. The summed E-state index contributed by atoms with van der Waals surface area (Å²) in [5.74, 6) is 0.127. The quantitative estimate of drug-likeness (QED) is 0.922. The molecule has 1 saturated heterocycles.